The van der Waals surface area contributed by atoms with Gasteiger partial charge in [0, 0.05) is 37.6 Å². The Morgan fingerprint density at radius 3 is 2.88 bits per heavy atom. The van der Waals surface area contributed by atoms with Crippen LogP contribution in [0.3, 0.4) is 0 Å². The Morgan fingerprint density at radius 2 is 2.04 bits per heavy atom. The summed E-state index contributed by atoms with van der Waals surface area (Å²) in [5.74, 6) is 1.84. The number of nitrogens with one attached hydrogen (secondary N) is 2. The first-order valence-corrected chi connectivity index (χ1v) is 9.00. The first-order chi connectivity index (χ1) is 11.9. The number of nitrogens with zero attached hydrogens (tertiary/aromatic N) is 4. The number of hydrogen-bond acceptors (Lipinski definition) is 4. The third-order valence-corrected chi connectivity index (χ3v) is 4.66. The van der Waals surface area contributed by atoms with Gasteiger partial charge in [-0.3, -0.25) is 9.39 Å². The molecule has 0 aliphatic carbocycles. The molecule has 0 spiro atoms. The van der Waals surface area contributed by atoms with Gasteiger partial charge in [0.15, 0.2) is 11.6 Å². The van der Waals surface area contributed by atoms with Crippen LogP contribution < -0.4 is 10.6 Å². The molecule has 126 valence electrons. The third kappa shape index (κ3) is 4.32. The van der Waals surface area contributed by atoms with Gasteiger partial charge in [0.2, 0.25) is 0 Å². The van der Waals surface area contributed by atoms with Crippen LogP contribution in [0.5, 0.6) is 0 Å². The van der Waals surface area contributed by atoms with E-state index in [1.54, 1.807) is 18.4 Å². The fourth-order valence-electron chi connectivity index (χ4n) is 2.49. The Morgan fingerprint density at radius 1 is 1.12 bits per heavy atom. The van der Waals surface area contributed by atoms with Gasteiger partial charge in [-0.15, -0.1) is 21.5 Å². The van der Waals surface area contributed by atoms with Crippen LogP contribution in [0.1, 0.15) is 17.1 Å². The molecular formula is C17H22N6S. The van der Waals surface area contributed by atoms with Gasteiger partial charge in [-0.1, -0.05) is 12.1 Å². The Bertz CT molecular complexity index is 777. The summed E-state index contributed by atoms with van der Waals surface area (Å²) in [5.41, 5.74) is 0.895. The average Bonchev–Trinajstić information content (AvgIpc) is 3.27. The molecule has 3 aromatic heterocycles. The Balaban J connectivity index is 1.38. The second-order valence-corrected chi connectivity index (χ2v) is 6.44. The molecular weight excluding hydrogens is 320 g/mol. The number of rotatable bonds is 7. The van der Waals surface area contributed by atoms with Crippen molar-refractivity contribution in [2.24, 2.45) is 4.99 Å². The van der Waals surface area contributed by atoms with Crippen molar-refractivity contribution in [2.75, 3.05) is 20.1 Å². The summed E-state index contributed by atoms with van der Waals surface area (Å²) in [6.07, 6.45) is 4.87. The number of pyridine rings is 1. The first kappa shape index (κ1) is 16.4. The van der Waals surface area contributed by atoms with E-state index in [0.29, 0.717) is 0 Å². The highest BCUT2D eigenvalue weighted by Gasteiger charge is 2.04. The van der Waals surface area contributed by atoms with Crippen LogP contribution >= 0.6 is 11.3 Å². The maximum absolute atomic E-state index is 4.26. The first-order valence-electron chi connectivity index (χ1n) is 8.12. The molecule has 0 saturated carbocycles. The standard InChI is InChI=1S/C17H22N6S/c1-18-17(20-11-9-14-6-5-13-24-14)19-10-4-8-16-22-21-15-7-2-3-12-23(15)16/h2-3,5-7,12-13H,4,8-11H2,1H3,(H2,18,19,20). The molecule has 7 heteroatoms. The topological polar surface area (TPSA) is 66.6 Å². The van der Waals surface area contributed by atoms with E-state index in [0.717, 1.165) is 49.8 Å². The predicted octanol–water partition coefficient (Wildman–Crippen LogP) is 2.13. The largest absolute Gasteiger partial charge is 0.356 e. The van der Waals surface area contributed by atoms with E-state index >= 15 is 0 Å². The van der Waals surface area contributed by atoms with Crippen LogP contribution in [0.15, 0.2) is 46.9 Å². The summed E-state index contributed by atoms with van der Waals surface area (Å²) in [5, 5.41) is 17.2. The van der Waals surface area contributed by atoms with Crippen molar-refractivity contribution >= 4 is 22.9 Å². The summed E-state index contributed by atoms with van der Waals surface area (Å²) >= 11 is 1.79. The molecule has 0 aromatic carbocycles. The second kappa shape index (κ2) is 8.44. The lowest BCUT2D eigenvalue weighted by Crippen LogP contribution is -2.38. The number of aromatic nitrogens is 3. The van der Waals surface area contributed by atoms with Gasteiger partial charge in [0.05, 0.1) is 0 Å². The van der Waals surface area contributed by atoms with Gasteiger partial charge < -0.3 is 10.6 Å². The molecule has 0 atom stereocenters. The zero-order valence-electron chi connectivity index (χ0n) is 13.8. The highest BCUT2D eigenvalue weighted by Crippen LogP contribution is 2.08. The Kier molecular flexibility index (Phi) is 5.79. The van der Waals surface area contributed by atoms with E-state index in [1.807, 2.05) is 28.8 Å². The van der Waals surface area contributed by atoms with E-state index in [-0.39, 0.29) is 0 Å². The van der Waals surface area contributed by atoms with E-state index in [2.05, 4.69) is 43.3 Å². The maximum Gasteiger partial charge on any atom is 0.190 e. The lowest BCUT2D eigenvalue weighted by atomic mass is 10.3. The zero-order valence-corrected chi connectivity index (χ0v) is 14.6. The molecule has 2 N–H and O–H groups in total. The summed E-state index contributed by atoms with van der Waals surface area (Å²) in [6, 6.07) is 10.2. The summed E-state index contributed by atoms with van der Waals surface area (Å²) in [4.78, 5) is 5.64. The van der Waals surface area contributed by atoms with Gasteiger partial charge in [-0.2, -0.15) is 0 Å². The molecule has 0 radical (unpaired) electrons. The summed E-state index contributed by atoms with van der Waals surface area (Å²) in [6.45, 7) is 1.73. The molecule has 0 amide bonds. The van der Waals surface area contributed by atoms with Gasteiger partial charge in [0.25, 0.3) is 0 Å². The summed E-state index contributed by atoms with van der Waals surface area (Å²) in [7, 11) is 1.80. The van der Waals surface area contributed by atoms with Crippen molar-refractivity contribution in [3.05, 3.63) is 52.6 Å². The molecule has 0 aliphatic rings. The van der Waals surface area contributed by atoms with Gasteiger partial charge in [-0.05, 0) is 36.4 Å². The monoisotopic (exact) mass is 342 g/mol. The highest BCUT2D eigenvalue weighted by molar-refractivity contribution is 7.09. The third-order valence-electron chi connectivity index (χ3n) is 3.72. The normalized spacial score (nSPS) is 11.8. The molecule has 0 fully saturated rings. The van der Waals surface area contributed by atoms with Crippen LogP contribution in [-0.4, -0.2) is 40.7 Å². The van der Waals surface area contributed by atoms with E-state index in [4.69, 9.17) is 0 Å². The lowest BCUT2D eigenvalue weighted by Gasteiger charge is -2.11. The molecule has 0 aliphatic heterocycles. The minimum absolute atomic E-state index is 0.845. The summed E-state index contributed by atoms with van der Waals surface area (Å²) < 4.78 is 2.04. The fourth-order valence-corrected chi connectivity index (χ4v) is 3.20. The number of aliphatic imine (C=N–C) groups is 1. The average molecular weight is 342 g/mol. The number of fused-ring (bicyclic) bond motifs is 1. The van der Waals surface area contributed by atoms with Gasteiger partial charge in [0.1, 0.15) is 5.82 Å². The van der Waals surface area contributed by atoms with Crippen LogP contribution in [0.25, 0.3) is 5.65 Å². The SMILES string of the molecule is CN=C(NCCCc1nnc2ccccn12)NCCc1cccs1. The minimum atomic E-state index is 0.845. The van der Waals surface area contributed by atoms with Crippen molar-refractivity contribution in [3.63, 3.8) is 0 Å². The number of thiophene rings is 1. The van der Waals surface area contributed by atoms with E-state index in [1.165, 1.54) is 4.88 Å². The van der Waals surface area contributed by atoms with Crippen molar-refractivity contribution < 1.29 is 0 Å². The fraction of sp³-hybridized carbons (Fsp3) is 0.353. The quantitative estimate of drug-likeness (QED) is 0.392. The zero-order chi connectivity index (χ0) is 16.6. The number of guanidine groups is 1. The molecule has 0 bridgehead atoms. The Hall–Kier alpha value is -2.41. The van der Waals surface area contributed by atoms with Crippen molar-refractivity contribution in [1.82, 2.24) is 25.2 Å². The molecule has 3 heterocycles. The van der Waals surface area contributed by atoms with Crippen molar-refractivity contribution in [1.29, 1.82) is 0 Å². The van der Waals surface area contributed by atoms with E-state index in [9.17, 15) is 0 Å². The van der Waals surface area contributed by atoms with E-state index < -0.39 is 0 Å². The van der Waals surface area contributed by atoms with Crippen molar-refractivity contribution in [2.45, 2.75) is 19.3 Å². The highest BCUT2D eigenvalue weighted by atomic mass is 32.1. The van der Waals surface area contributed by atoms with Crippen molar-refractivity contribution in [3.8, 4) is 0 Å². The molecule has 0 saturated heterocycles. The molecule has 6 nitrogen and oxygen atoms in total. The molecule has 24 heavy (non-hydrogen) atoms. The number of aryl methyl sites for hydroxylation is 1. The minimum Gasteiger partial charge on any atom is -0.356 e. The lowest BCUT2D eigenvalue weighted by molar-refractivity contribution is 0.713. The van der Waals surface area contributed by atoms with Gasteiger partial charge >= 0.3 is 0 Å². The predicted molar refractivity (Wildman–Crippen MR) is 98.7 cm³/mol. The molecule has 0 unspecified atom stereocenters. The van der Waals surface area contributed by atoms with Gasteiger partial charge in [-0.25, -0.2) is 0 Å². The van der Waals surface area contributed by atoms with Crippen LogP contribution in [0.4, 0.5) is 0 Å². The molecule has 3 aromatic rings. The van der Waals surface area contributed by atoms with Crippen LogP contribution in [0.2, 0.25) is 0 Å². The van der Waals surface area contributed by atoms with Crippen LogP contribution in [-0.2, 0) is 12.8 Å². The molecule has 3 rings (SSSR count). The van der Waals surface area contributed by atoms with Crippen LogP contribution in [0, 0.1) is 0 Å². The Labute approximate surface area is 145 Å². The maximum atomic E-state index is 4.26. The second-order valence-electron chi connectivity index (χ2n) is 5.40. The number of hydrogen-bond donors (Lipinski definition) is 2. The smallest absolute Gasteiger partial charge is 0.190 e.